The van der Waals surface area contributed by atoms with Gasteiger partial charge in [0.15, 0.2) is 5.96 Å². The third-order valence-electron chi connectivity index (χ3n) is 4.00. The lowest BCUT2D eigenvalue weighted by Gasteiger charge is -2.22. The van der Waals surface area contributed by atoms with Gasteiger partial charge in [-0.05, 0) is 17.7 Å². The Hall–Kier alpha value is -2.58. The molecule has 0 saturated heterocycles. The first-order chi connectivity index (χ1) is 13.5. The highest BCUT2D eigenvalue weighted by Crippen LogP contribution is 2.07. The number of hydrogen-bond donors (Lipinski definition) is 2. The van der Waals surface area contributed by atoms with Crippen molar-refractivity contribution in [1.29, 1.82) is 0 Å². The van der Waals surface area contributed by atoms with Crippen LogP contribution in [0.1, 0.15) is 5.56 Å². The summed E-state index contributed by atoms with van der Waals surface area (Å²) >= 11 is 0. The fraction of sp³-hybridized carbons (Fsp3) is 0.350. The molecule has 0 heterocycles. The number of guanidine groups is 1. The van der Waals surface area contributed by atoms with E-state index in [0.29, 0.717) is 19.1 Å². The van der Waals surface area contributed by atoms with Crippen LogP contribution in [0.4, 0.5) is 0 Å². The number of likely N-dealkylation sites (N-methyl/N-ethyl adjacent to an activating group) is 1. The van der Waals surface area contributed by atoms with Gasteiger partial charge in [0.05, 0.1) is 12.3 Å². The van der Waals surface area contributed by atoms with E-state index in [1.54, 1.807) is 7.05 Å². The van der Waals surface area contributed by atoms with Gasteiger partial charge in [-0.1, -0.05) is 48.5 Å². The van der Waals surface area contributed by atoms with Gasteiger partial charge in [0.25, 0.3) is 0 Å². The molecule has 2 rings (SSSR count). The Bertz CT molecular complexity index is 827. The first-order valence-corrected chi connectivity index (χ1v) is 10.8. The second kappa shape index (κ2) is 11.3. The Morgan fingerprint density at radius 1 is 1.07 bits per heavy atom. The molecule has 0 aliphatic carbocycles. The van der Waals surface area contributed by atoms with Gasteiger partial charge >= 0.3 is 0 Å². The molecule has 2 aromatic carbocycles. The summed E-state index contributed by atoms with van der Waals surface area (Å²) in [5.74, 6) is 1.40. The lowest BCUT2D eigenvalue weighted by Crippen LogP contribution is -2.43. The molecule has 28 heavy (non-hydrogen) atoms. The molecule has 0 radical (unpaired) electrons. The first-order valence-electron chi connectivity index (χ1n) is 9.11. The van der Waals surface area contributed by atoms with Crippen LogP contribution in [0.25, 0.3) is 0 Å². The van der Waals surface area contributed by atoms with Crippen LogP contribution in [0.3, 0.4) is 0 Å². The lowest BCUT2D eigenvalue weighted by atomic mass is 10.2. The quantitative estimate of drug-likeness (QED) is 0.465. The van der Waals surface area contributed by atoms with Gasteiger partial charge in [0, 0.05) is 27.2 Å². The summed E-state index contributed by atoms with van der Waals surface area (Å²) in [4.78, 5) is 6.08. The molecule has 0 unspecified atom stereocenters. The van der Waals surface area contributed by atoms with Gasteiger partial charge in [0.1, 0.15) is 12.4 Å². The SMILES string of the molecule is CN=C(NCCS(=O)(=O)NCc1ccccc1)N(C)CCOc1ccccc1. The molecule has 0 amide bonds. The molecule has 0 aliphatic heterocycles. The minimum absolute atomic E-state index is 0.0345. The zero-order chi connectivity index (χ0) is 20.2. The molecule has 0 atom stereocenters. The summed E-state index contributed by atoms with van der Waals surface area (Å²) in [6, 6.07) is 19.0. The Labute approximate surface area is 167 Å². The smallest absolute Gasteiger partial charge is 0.213 e. The number of nitrogens with one attached hydrogen (secondary N) is 2. The zero-order valence-corrected chi connectivity index (χ0v) is 17.2. The maximum atomic E-state index is 12.1. The maximum Gasteiger partial charge on any atom is 0.213 e. The highest BCUT2D eigenvalue weighted by molar-refractivity contribution is 7.89. The number of aliphatic imine (C=N–C) groups is 1. The average molecular weight is 405 g/mol. The van der Waals surface area contributed by atoms with Gasteiger partial charge in [-0.15, -0.1) is 0 Å². The zero-order valence-electron chi connectivity index (χ0n) is 16.3. The molecule has 8 heteroatoms. The third kappa shape index (κ3) is 7.98. The molecule has 0 aliphatic rings. The van der Waals surface area contributed by atoms with Crippen LogP contribution in [-0.2, 0) is 16.6 Å². The number of ether oxygens (including phenoxy) is 1. The monoisotopic (exact) mass is 404 g/mol. The summed E-state index contributed by atoms with van der Waals surface area (Å²) < 4.78 is 32.6. The van der Waals surface area contributed by atoms with E-state index in [9.17, 15) is 8.42 Å². The summed E-state index contributed by atoms with van der Waals surface area (Å²) in [7, 11) is 0.173. The van der Waals surface area contributed by atoms with E-state index < -0.39 is 10.0 Å². The van der Waals surface area contributed by atoms with Crippen LogP contribution in [0.15, 0.2) is 65.7 Å². The van der Waals surface area contributed by atoms with Gasteiger partial charge in [-0.2, -0.15) is 0 Å². The Balaban J connectivity index is 1.70. The van der Waals surface area contributed by atoms with E-state index in [4.69, 9.17) is 4.74 Å². The normalized spacial score (nSPS) is 11.9. The fourth-order valence-corrected chi connectivity index (χ4v) is 3.37. The second-order valence-corrected chi connectivity index (χ2v) is 8.11. The summed E-state index contributed by atoms with van der Waals surface area (Å²) in [5, 5.41) is 3.07. The van der Waals surface area contributed by atoms with E-state index >= 15 is 0 Å². The molecular weight excluding hydrogens is 376 g/mol. The number of nitrogens with zero attached hydrogens (tertiary/aromatic N) is 2. The molecule has 0 bridgehead atoms. The van der Waals surface area contributed by atoms with Crippen molar-refractivity contribution < 1.29 is 13.2 Å². The van der Waals surface area contributed by atoms with Gasteiger partial charge in [-0.25, -0.2) is 13.1 Å². The van der Waals surface area contributed by atoms with Crippen LogP contribution in [0, 0.1) is 0 Å². The van der Waals surface area contributed by atoms with E-state index in [2.05, 4.69) is 15.0 Å². The highest BCUT2D eigenvalue weighted by Gasteiger charge is 2.11. The van der Waals surface area contributed by atoms with Crippen LogP contribution >= 0.6 is 0 Å². The number of benzene rings is 2. The number of para-hydroxylation sites is 1. The Morgan fingerprint density at radius 2 is 1.71 bits per heavy atom. The number of sulfonamides is 1. The summed E-state index contributed by atoms with van der Waals surface area (Å²) in [6.07, 6.45) is 0. The van der Waals surface area contributed by atoms with Crippen LogP contribution in [0.2, 0.25) is 0 Å². The predicted octanol–water partition coefficient (Wildman–Crippen LogP) is 1.69. The molecule has 152 valence electrons. The molecule has 0 spiro atoms. The van der Waals surface area contributed by atoms with Gasteiger partial charge in [-0.3, -0.25) is 4.99 Å². The lowest BCUT2D eigenvalue weighted by molar-refractivity contribution is 0.281. The number of hydrogen-bond acceptors (Lipinski definition) is 4. The van der Waals surface area contributed by atoms with E-state index in [0.717, 1.165) is 11.3 Å². The second-order valence-electron chi connectivity index (χ2n) is 6.18. The maximum absolute atomic E-state index is 12.1. The predicted molar refractivity (Wildman–Crippen MR) is 113 cm³/mol. The van der Waals surface area contributed by atoms with Crippen molar-refractivity contribution in [3.05, 3.63) is 66.2 Å². The fourth-order valence-electron chi connectivity index (χ4n) is 2.47. The van der Waals surface area contributed by atoms with Crippen LogP contribution in [-0.4, -0.2) is 58.8 Å². The van der Waals surface area contributed by atoms with Crippen molar-refractivity contribution in [2.45, 2.75) is 6.54 Å². The van der Waals surface area contributed by atoms with Crippen LogP contribution < -0.4 is 14.8 Å². The van der Waals surface area contributed by atoms with E-state index in [1.807, 2.05) is 72.6 Å². The van der Waals surface area contributed by atoms with Gasteiger partial charge < -0.3 is 15.0 Å². The third-order valence-corrected chi connectivity index (χ3v) is 5.33. The molecule has 0 saturated carbocycles. The topological polar surface area (TPSA) is 83.0 Å². The molecule has 7 nitrogen and oxygen atoms in total. The van der Waals surface area contributed by atoms with Crippen molar-refractivity contribution in [3.8, 4) is 5.75 Å². The molecule has 2 N–H and O–H groups in total. The van der Waals surface area contributed by atoms with Crippen molar-refractivity contribution in [3.63, 3.8) is 0 Å². The van der Waals surface area contributed by atoms with Crippen molar-refractivity contribution in [1.82, 2.24) is 14.9 Å². The summed E-state index contributed by atoms with van der Waals surface area (Å²) in [5.41, 5.74) is 0.924. The molecule has 0 fully saturated rings. The van der Waals surface area contributed by atoms with E-state index in [1.165, 1.54) is 0 Å². The van der Waals surface area contributed by atoms with E-state index in [-0.39, 0.29) is 18.8 Å². The van der Waals surface area contributed by atoms with Crippen molar-refractivity contribution in [2.24, 2.45) is 4.99 Å². The minimum atomic E-state index is -3.37. The Morgan fingerprint density at radius 3 is 2.36 bits per heavy atom. The van der Waals surface area contributed by atoms with Gasteiger partial charge in [0.2, 0.25) is 10.0 Å². The molecule has 0 aromatic heterocycles. The molecular formula is C20H28N4O3S. The minimum Gasteiger partial charge on any atom is -0.492 e. The highest BCUT2D eigenvalue weighted by atomic mass is 32.2. The van der Waals surface area contributed by atoms with Crippen LogP contribution in [0.5, 0.6) is 5.75 Å². The largest absolute Gasteiger partial charge is 0.492 e. The average Bonchev–Trinajstić information content (AvgIpc) is 2.71. The van der Waals surface area contributed by atoms with Crippen molar-refractivity contribution in [2.75, 3.05) is 39.5 Å². The number of rotatable bonds is 10. The Kier molecular flexibility index (Phi) is 8.77. The molecule has 2 aromatic rings. The standard InChI is InChI=1S/C20H28N4O3S/c1-21-20(24(2)14-15-27-19-11-7-4-8-12-19)22-13-16-28(25,26)23-17-18-9-5-3-6-10-18/h3-12,23H,13-17H2,1-2H3,(H,21,22). The van der Waals surface area contributed by atoms with Crippen molar-refractivity contribution >= 4 is 16.0 Å². The summed E-state index contributed by atoms with van der Waals surface area (Å²) in [6.45, 7) is 1.67. The first kappa shape index (κ1) is 21.7.